The summed E-state index contributed by atoms with van der Waals surface area (Å²) in [5, 5.41) is 0. The topological polar surface area (TPSA) is 38.4 Å². The molecule has 0 aromatic carbocycles. The van der Waals surface area contributed by atoms with E-state index in [2.05, 4.69) is 23.9 Å². The van der Waals surface area contributed by atoms with E-state index in [4.69, 9.17) is 5.73 Å². The summed E-state index contributed by atoms with van der Waals surface area (Å²) in [7, 11) is 0. The lowest BCUT2D eigenvalue weighted by Crippen LogP contribution is -2.16. The molecule has 0 aliphatic carbocycles. The Labute approximate surface area is 93.3 Å². The van der Waals surface area contributed by atoms with Crippen molar-refractivity contribution in [3.63, 3.8) is 0 Å². The Morgan fingerprint density at radius 2 is 2.07 bits per heavy atom. The molecule has 0 fully saturated rings. The number of allylic oxidation sites excluding steroid dienone is 5. The minimum absolute atomic E-state index is 0.161. The van der Waals surface area contributed by atoms with Gasteiger partial charge in [-0.05, 0) is 52.0 Å². The molecule has 0 heterocycles. The second-order valence-corrected chi connectivity index (χ2v) is 3.65. The Morgan fingerprint density at radius 3 is 2.40 bits per heavy atom. The van der Waals surface area contributed by atoms with Crippen LogP contribution in [-0.2, 0) is 0 Å². The van der Waals surface area contributed by atoms with E-state index in [0.29, 0.717) is 0 Å². The summed E-state index contributed by atoms with van der Waals surface area (Å²) in [5.41, 5.74) is 9.12. The van der Waals surface area contributed by atoms with Gasteiger partial charge in [0.1, 0.15) is 0 Å². The first-order valence-electron chi connectivity index (χ1n) is 5.28. The molecule has 1 unspecified atom stereocenters. The molecule has 0 radical (unpaired) electrons. The molecule has 2 N–H and O–H groups in total. The molecule has 1 atom stereocenters. The van der Waals surface area contributed by atoms with Gasteiger partial charge in [-0.2, -0.15) is 0 Å². The van der Waals surface area contributed by atoms with Crippen molar-refractivity contribution >= 4 is 6.72 Å². The minimum Gasteiger partial charge on any atom is -0.328 e. The molecule has 0 amide bonds. The Morgan fingerprint density at radius 1 is 1.47 bits per heavy atom. The Balaban J connectivity index is 5.15. The van der Waals surface area contributed by atoms with E-state index >= 15 is 0 Å². The van der Waals surface area contributed by atoms with Gasteiger partial charge in [0, 0.05) is 11.7 Å². The van der Waals surface area contributed by atoms with Crippen LogP contribution in [0.1, 0.15) is 34.1 Å². The summed E-state index contributed by atoms with van der Waals surface area (Å²) in [5.74, 6) is 0. The summed E-state index contributed by atoms with van der Waals surface area (Å²) < 4.78 is 0. The maximum atomic E-state index is 5.81. The van der Waals surface area contributed by atoms with Crippen LogP contribution in [0, 0.1) is 0 Å². The van der Waals surface area contributed by atoms with Crippen molar-refractivity contribution in [2.75, 3.05) is 0 Å². The molecule has 0 rings (SSSR count). The first kappa shape index (κ1) is 13.8. The highest BCUT2D eigenvalue weighted by atomic mass is 14.7. The molecular formula is C13H22N2. The van der Waals surface area contributed by atoms with E-state index in [1.807, 2.05) is 33.8 Å². The molecule has 15 heavy (non-hydrogen) atoms. The highest BCUT2D eigenvalue weighted by molar-refractivity contribution is 5.45. The number of hydrogen-bond acceptors (Lipinski definition) is 2. The van der Waals surface area contributed by atoms with Gasteiger partial charge in [-0.25, -0.2) is 0 Å². The number of aliphatic imine (C=N–C) groups is 1. The van der Waals surface area contributed by atoms with E-state index < -0.39 is 0 Å². The highest BCUT2D eigenvalue weighted by Gasteiger charge is 2.06. The van der Waals surface area contributed by atoms with Crippen molar-refractivity contribution in [1.29, 1.82) is 0 Å². The monoisotopic (exact) mass is 206 g/mol. The first-order chi connectivity index (χ1) is 7.06. The second-order valence-electron chi connectivity index (χ2n) is 3.65. The average molecular weight is 206 g/mol. The lowest BCUT2D eigenvalue weighted by Gasteiger charge is -2.12. The molecule has 2 heteroatoms. The van der Waals surface area contributed by atoms with E-state index in [1.165, 1.54) is 5.57 Å². The van der Waals surface area contributed by atoms with Crippen molar-refractivity contribution < 1.29 is 0 Å². The zero-order chi connectivity index (χ0) is 11.8. The van der Waals surface area contributed by atoms with Crippen molar-refractivity contribution in [1.82, 2.24) is 0 Å². The van der Waals surface area contributed by atoms with E-state index in [-0.39, 0.29) is 6.04 Å². The van der Waals surface area contributed by atoms with Gasteiger partial charge in [0.25, 0.3) is 0 Å². The molecule has 2 nitrogen and oxygen atoms in total. The second kappa shape index (κ2) is 7.18. The molecule has 0 bridgehead atoms. The normalized spacial score (nSPS) is 16.5. The molecule has 0 aromatic rings. The lowest BCUT2D eigenvalue weighted by atomic mass is 9.97. The maximum Gasteiger partial charge on any atom is 0.0440 e. The van der Waals surface area contributed by atoms with Gasteiger partial charge >= 0.3 is 0 Å². The van der Waals surface area contributed by atoms with Crippen LogP contribution in [0.3, 0.4) is 0 Å². The van der Waals surface area contributed by atoms with Gasteiger partial charge < -0.3 is 5.73 Å². The third-order valence-corrected chi connectivity index (χ3v) is 2.20. The van der Waals surface area contributed by atoms with E-state index in [1.54, 1.807) is 0 Å². The third-order valence-electron chi connectivity index (χ3n) is 2.20. The smallest absolute Gasteiger partial charge is 0.0440 e. The fraction of sp³-hybridized carbons (Fsp3) is 0.462. The molecule has 0 aliphatic heterocycles. The predicted molar refractivity (Wildman–Crippen MR) is 69.1 cm³/mol. The number of nitrogens with two attached hydrogens (primary N) is 1. The largest absolute Gasteiger partial charge is 0.328 e. The molecule has 0 saturated heterocycles. The SMILES string of the molecule is C=N/C(C)=C(\C=C/C)C(=C\C)/CC(C)N. The van der Waals surface area contributed by atoms with Crippen LogP contribution < -0.4 is 5.73 Å². The van der Waals surface area contributed by atoms with Gasteiger partial charge in [-0.1, -0.05) is 18.2 Å². The van der Waals surface area contributed by atoms with Crippen molar-refractivity contribution in [3.05, 3.63) is 35.1 Å². The van der Waals surface area contributed by atoms with Crippen LogP contribution in [-0.4, -0.2) is 12.8 Å². The Hall–Kier alpha value is -1.15. The van der Waals surface area contributed by atoms with Gasteiger partial charge in [0.2, 0.25) is 0 Å². The first-order valence-corrected chi connectivity index (χ1v) is 5.28. The van der Waals surface area contributed by atoms with Crippen LogP contribution in [0.4, 0.5) is 0 Å². The number of hydrogen-bond donors (Lipinski definition) is 1. The van der Waals surface area contributed by atoms with Crippen LogP contribution in [0.25, 0.3) is 0 Å². The Kier molecular flexibility index (Phi) is 6.63. The van der Waals surface area contributed by atoms with E-state index in [9.17, 15) is 0 Å². The molecule has 0 aliphatic rings. The summed E-state index contributed by atoms with van der Waals surface area (Å²) in [4.78, 5) is 3.98. The van der Waals surface area contributed by atoms with E-state index in [0.717, 1.165) is 17.7 Å². The van der Waals surface area contributed by atoms with Crippen LogP contribution in [0.15, 0.2) is 40.1 Å². The van der Waals surface area contributed by atoms with Crippen LogP contribution in [0.2, 0.25) is 0 Å². The van der Waals surface area contributed by atoms with Crippen molar-refractivity contribution in [2.45, 2.75) is 40.2 Å². The molecule has 0 spiro atoms. The number of nitrogens with zero attached hydrogens (tertiary/aromatic N) is 1. The maximum absolute atomic E-state index is 5.81. The van der Waals surface area contributed by atoms with Gasteiger partial charge in [0.15, 0.2) is 0 Å². The quantitative estimate of drug-likeness (QED) is 0.544. The van der Waals surface area contributed by atoms with Crippen LogP contribution in [0.5, 0.6) is 0 Å². The summed E-state index contributed by atoms with van der Waals surface area (Å²) >= 11 is 0. The van der Waals surface area contributed by atoms with Crippen LogP contribution >= 0.6 is 0 Å². The highest BCUT2D eigenvalue weighted by Crippen LogP contribution is 2.21. The number of rotatable bonds is 5. The predicted octanol–water partition coefficient (Wildman–Crippen LogP) is 3.22. The van der Waals surface area contributed by atoms with Crippen molar-refractivity contribution in [2.24, 2.45) is 10.7 Å². The fourth-order valence-electron chi connectivity index (χ4n) is 1.44. The lowest BCUT2D eigenvalue weighted by molar-refractivity contribution is 0.735. The van der Waals surface area contributed by atoms with Crippen molar-refractivity contribution in [3.8, 4) is 0 Å². The average Bonchev–Trinajstić information content (AvgIpc) is 2.21. The molecule has 0 saturated carbocycles. The Bertz CT molecular complexity index is 294. The summed E-state index contributed by atoms with van der Waals surface area (Å²) in [6.45, 7) is 11.6. The van der Waals surface area contributed by atoms with Gasteiger partial charge in [-0.15, -0.1) is 0 Å². The summed E-state index contributed by atoms with van der Waals surface area (Å²) in [6.07, 6.45) is 7.02. The molecule has 84 valence electrons. The zero-order valence-corrected chi connectivity index (χ0v) is 10.2. The molecular weight excluding hydrogens is 184 g/mol. The van der Waals surface area contributed by atoms with Gasteiger partial charge in [-0.3, -0.25) is 4.99 Å². The zero-order valence-electron chi connectivity index (χ0n) is 10.2. The fourth-order valence-corrected chi connectivity index (χ4v) is 1.44. The standard InChI is InChI=1S/C13H22N2/c1-6-8-13(11(4)15-5)12(7-2)9-10(3)14/h6-8,10H,5,9,14H2,1-4H3/b8-6-,12-7-,13-11+. The third kappa shape index (κ3) is 4.75. The minimum atomic E-state index is 0.161. The molecule has 0 aromatic heterocycles. The van der Waals surface area contributed by atoms with Gasteiger partial charge in [0.05, 0.1) is 0 Å². The summed E-state index contributed by atoms with van der Waals surface area (Å²) in [6, 6.07) is 0.161.